The molecule has 0 spiro atoms. The molecule has 0 bridgehead atoms. The van der Waals surface area contributed by atoms with E-state index in [1.54, 1.807) is 0 Å². The zero-order valence-corrected chi connectivity index (χ0v) is 11.7. The number of unbranched alkanes of at least 4 members (excludes halogenated alkanes) is 5. The minimum absolute atomic E-state index is 0.801. The Morgan fingerprint density at radius 3 is 1.89 bits per heavy atom. The fourth-order valence-corrected chi connectivity index (χ4v) is 2.17. The summed E-state index contributed by atoms with van der Waals surface area (Å²) >= 11 is 0. The highest BCUT2D eigenvalue weighted by molar-refractivity contribution is 5.22. The van der Waals surface area contributed by atoms with Crippen LogP contribution in [-0.2, 0) is 12.8 Å². The Bertz CT molecular complexity index is 339. The molecule has 0 amide bonds. The number of hydrogen-bond acceptors (Lipinski definition) is 0. The van der Waals surface area contributed by atoms with Crippen LogP contribution < -0.4 is 0 Å². The molecule has 0 nitrogen and oxygen atoms in total. The average molecular weight is 241 g/mol. The molecule has 0 aliphatic carbocycles. The Morgan fingerprint density at radius 2 is 1.39 bits per heavy atom. The maximum absolute atomic E-state index is 6.86. The molecule has 97 valence electrons. The third-order valence-electron chi connectivity index (χ3n) is 3.36. The maximum Gasteiger partial charge on any atom is 0.00990 e. The second kappa shape index (κ2) is 9.77. The number of aryl methyl sites for hydroxylation is 2. The van der Waals surface area contributed by atoms with Crippen molar-refractivity contribution >= 4 is 0 Å². The molecule has 0 saturated carbocycles. The largest absolute Gasteiger partial charge is 0.0891 e. The minimum atomic E-state index is 0.801. The van der Waals surface area contributed by atoms with Crippen molar-refractivity contribution in [3.63, 3.8) is 0 Å². The normalized spacial score (nSPS) is 10.2. The van der Waals surface area contributed by atoms with Crippen LogP contribution in [0.1, 0.15) is 63.0 Å². The van der Waals surface area contributed by atoms with Gasteiger partial charge in [0.15, 0.2) is 0 Å². The molecule has 1 radical (unpaired) electrons. The summed E-state index contributed by atoms with van der Waals surface area (Å²) in [5, 5.41) is 0. The lowest BCUT2D eigenvalue weighted by Gasteiger charge is -2.04. The fourth-order valence-electron chi connectivity index (χ4n) is 2.17. The van der Waals surface area contributed by atoms with Gasteiger partial charge in [-0.25, -0.2) is 0 Å². The molecular formula is C18H25. The van der Waals surface area contributed by atoms with E-state index in [-0.39, 0.29) is 0 Å². The van der Waals surface area contributed by atoms with Gasteiger partial charge >= 0.3 is 0 Å². The van der Waals surface area contributed by atoms with Gasteiger partial charge in [0.1, 0.15) is 0 Å². The molecular weight excluding hydrogens is 216 g/mol. The monoisotopic (exact) mass is 241 g/mol. The van der Waals surface area contributed by atoms with Crippen LogP contribution in [0.2, 0.25) is 0 Å². The average Bonchev–Trinajstić information content (AvgIpc) is 2.41. The molecule has 0 heteroatoms. The van der Waals surface area contributed by atoms with Gasteiger partial charge in [0, 0.05) is 6.42 Å². The second-order valence-corrected chi connectivity index (χ2v) is 5.01. The quantitative estimate of drug-likeness (QED) is 0.416. The maximum atomic E-state index is 6.86. The number of rotatable bonds is 9. The summed E-state index contributed by atoms with van der Waals surface area (Å²) in [5.74, 6) is 2.45. The van der Waals surface area contributed by atoms with Gasteiger partial charge in [0.2, 0.25) is 0 Å². The van der Waals surface area contributed by atoms with E-state index in [4.69, 9.17) is 6.42 Å². The Balaban J connectivity index is 2.23. The van der Waals surface area contributed by atoms with Gasteiger partial charge < -0.3 is 0 Å². The van der Waals surface area contributed by atoms with Crippen LogP contribution >= 0.6 is 0 Å². The first kappa shape index (κ1) is 14.8. The van der Waals surface area contributed by atoms with E-state index in [0.717, 1.165) is 19.3 Å². The van der Waals surface area contributed by atoms with Crippen LogP contribution in [0.25, 0.3) is 0 Å². The van der Waals surface area contributed by atoms with E-state index in [0.29, 0.717) is 0 Å². The van der Waals surface area contributed by atoms with Crippen molar-refractivity contribution in [1.82, 2.24) is 0 Å². The van der Waals surface area contributed by atoms with Gasteiger partial charge in [0.25, 0.3) is 0 Å². The van der Waals surface area contributed by atoms with Crippen LogP contribution in [0, 0.1) is 12.3 Å². The fraction of sp³-hybridized carbons (Fsp3) is 0.556. The first-order valence-corrected chi connectivity index (χ1v) is 7.34. The van der Waals surface area contributed by atoms with Crippen molar-refractivity contribution in [2.75, 3.05) is 0 Å². The van der Waals surface area contributed by atoms with E-state index in [9.17, 15) is 0 Å². The lowest BCUT2D eigenvalue weighted by atomic mass is 10.0. The number of hydrogen-bond donors (Lipinski definition) is 0. The van der Waals surface area contributed by atoms with Crippen LogP contribution in [0.15, 0.2) is 24.3 Å². The van der Waals surface area contributed by atoms with Crippen LogP contribution in [0.5, 0.6) is 0 Å². The van der Waals surface area contributed by atoms with Crippen molar-refractivity contribution in [2.24, 2.45) is 0 Å². The standard InChI is InChI=1S/C18H25/c1-3-5-7-9-11-17-13-15-18(16-14-17)12-10-8-6-4-2/h13-16H,3,5-12H2,1H3. The molecule has 0 heterocycles. The molecule has 1 aromatic rings. The molecule has 18 heavy (non-hydrogen) atoms. The Hall–Kier alpha value is -1.22. The molecule has 0 unspecified atom stereocenters. The smallest absolute Gasteiger partial charge is 0.00990 e. The Morgan fingerprint density at radius 1 is 0.833 bits per heavy atom. The van der Waals surface area contributed by atoms with Gasteiger partial charge in [0.05, 0.1) is 0 Å². The zero-order valence-electron chi connectivity index (χ0n) is 11.7. The summed E-state index contributed by atoms with van der Waals surface area (Å²) < 4.78 is 0. The molecule has 1 rings (SSSR count). The first-order valence-electron chi connectivity index (χ1n) is 7.34. The zero-order chi connectivity index (χ0) is 13.1. The molecule has 0 aliphatic rings. The minimum Gasteiger partial charge on any atom is -0.0891 e. The van der Waals surface area contributed by atoms with E-state index in [1.807, 2.05) is 0 Å². The van der Waals surface area contributed by atoms with Crippen molar-refractivity contribution in [1.29, 1.82) is 0 Å². The SMILES string of the molecule is [C]#CCCCCc1ccc(CCCCCC)cc1. The van der Waals surface area contributed by atoms with Crippen LogP contribution in [0.3, 0.4) is 0 Å². The molecule has 0 aliphatic heterocycles. The lowest BCUT2D eigenvalue weighted by Crippen LogP contribution is -1.89. The highest BCUT2D eigenvalue weighted by Crippen LogP contribution is 2.11. The topological polar surface area (TPSA) is 0 Å². The number of benzene rings is 1. The molecule has 1 aromatic carbocycles. The van der Waals surface area contributed by atoms with Crippen molar-refractivity contribution < 1.29 is 0 Å². The van der Waals surface area contributed by atoms with Gasteiger partial charge in [-0.3, -0.25) is 0 Å². The van der Waals surface area contributed by atoms with Crippen LogP contribution in [-0.4, -0.2) is 0 Å². The second-order valence-electron chi connectivity index (χ2n) is 5.01. The summed E-state index contributed by atoms with van der Waals surface area (Å²) in [6.45, 7) is 2.26. The van der Waals surface area contributed by atoms with E-state index < -0.39 is 0 Å². The Labute approximate surface area is 113 Å². The summed E-state index contributed by atoms with van der Waals surface area (Å²) in [7, 11) is 0. The van der Waals surface area contributed by atoms with E-state index >= 15 is 0 Å². The van der Waals surface area contributed by atoms with Gasteiger partial charge in [-0.2, -0.15) is 0 Å². The van der Waals surface area contributed by atoms with Gasteiger partial charge in [-0.15, -0.1) is 0 Å². The predicted molar refractivity (Wildman–Crippen MR) is 79.0 cm³/mol. The summed E-state index contributed by atoms with van der Waals surface area (Å²) in [6, 6.07) is 9.10. The lowest BCUT2D eigenvalue weighted by molar-refractivity contribution is 0.666. The highest BCUT2D eigenvalue weighted by atomic mass is 14.0. The predicted octanol–water partition coefficient (Wildman–Crippen LogP) is 5.11. The summed E-state index contributed by atoms with van der Waals surface area (Å²) in [6.07, 6.45) is 17.6. The van der Waals surface area contributed by atoms with E-state index in [1.165, 1.54) is 49.7 Å². The van der Waals surface area contributed by atoms with Gasteiger partial charge in [-0.05, 0) is 49.7 Å². The molecule has 0 fully saturated rings. The summed E-state index contributed by atoms with van der Waals surface area (Å²) in [4.78, 5) is 0. The molecule has 0 atom stereocenters. The van der Waals surface area contributed by atoms with Crippen molar-refractivity contribution in [3.8, 4) is 5.92 Å². The first-order chi connectivity index (χ1) is 8.86. The highest BCUT2D eigenvalue weighted by Gasteiger charge is 1.96. The molecule has 0 N–H and O–H groups in total. The Kier molecular flexibility index (Phi) is 8.06. The molecule has 0 aromatic heterocycles. The van der Waals surface area contributed by atoms with Crippen LogP contribution in [0.4, 0.5) is 0 Å². The summed E-state index contributed by atoms with van der Waals surface area (Å²) in [5.41, 5.74) is 2.90. The van der Waals surface area contributed by atoms with E-state index in [2.05, 4.69) is 37.1 Å². The third kappa shape index (κ3) is 6.50. The van der Waals surface area contributed by atoms with Gasteiger partial charge in [-0.1, -0.05) is 56.4 Å². The van der Waals surface area contributed by atoms with Crippen molar-refractivity contribution in [3.05, 3.63) is 41.8 Å². The molecule has 0 saturated heterocycles. The third-order valence-corrected chi connectivity index (χ3v) is 3.36. The van der Waals surface area contributed by atoms with Crippen molar-refractivity contribution in [2.45, 2.75) is 64.7 Å².